The lowest BCUT2D eigenvalue weighted by molar-refractivity contribution is 0.481. The van der Waals surface area contributed by atoms with E-state index in [1.54, 1.807) is 0 Å². The quantitative estimate of drug-likeness (QED) is 0.769. The van der Waals surface area contributed by atoms with Gasteiger partial charge in [-0.15, -0.1) is 0 Å². The van der Waals surface area contributed by atoms with Gasteiger partial charge in [-0.1, -0.05) is 35.0 Å². The van der Waals surface area contributed by atoms with Crippen LogP contribution in [0.5, 0.6) is 0 Å². The standard InChI is InChI=1S/C16H15BrF3N/c1-3-21-16(10-4-5-12(17)9(2)6-10)11-7-14(19)15(20)8-13(11)18/h4-8,16,21H,3H2,1-2H3. The fraction of sp³-hybridized carbons (Fsp3) is 0.250. The van der Waals surface area contributed by atoms with Gasteiger partial charge in [0, 0.05) is 16.1 Å². The fourth-order valence-electron chi connectivity index (χ4n) is 2.22. The van der Waals surface area contributed by atoms with E-state index in [0.29, 0.717) is 12.6 Å². The topological polar surface area (TPSA) is 12.0 Å². The van der Waals surface area contributed by atoms with Crippen molar-refractivity contribution >= 4 is 15.9 Å². The van der Waals surface area contributed by atoms with E-state index in [2.05, 4.69) is 21.2 Å². The van der Waals surface area contributed by atoms with Crippen LogP contribution in [0, 0.1) is 24.4 Å². The van der Waals surface area contributed by atoms with Gasteiger partial charge < -0.3 is 5.32 Å². The molecule has 0 aliphatic rings. The molecule has 2 aromatic carbocycles. The molecule has 0 amide bonds. The highest BCUT2D eigenvalue weighted by Gasteiger charge is 2.20. The van der Waals surface area contributed by atoms with Crippen LogP contribution < -0.4 is 5.32 Å². The van der Waals surface area contributed by atoms with E-state index in [1.807, 2.05) is 32.0 Å². The van der Waals surface area contributed by atoms with Crippen LogP contribution in [-0.4, -0.2) is 6.54 Å². The Labute approximate surface area is 130 Å². The predicted molar refractivity (Wildman–Crippen MR) is 80.7 cm³/mol. The molecule has 1 atom stereocenters. The van der Waals surface area contributed by atoms with Gasteiger partial charge in [0.25, 0.3) is 0 Å². The van der Waals surface area contributed by atoms with E-state index in [0.717, 1.165) is 21.7 Å². The summed E-state index contributed by atoms with van der Waals surface area (Å²) in [6, 6.07) is 6.53. The molecule has 0 bridgehead atoms. The Bertz CT molecular complexity index is 658. The zero-order valence-corrected chi connectivity index (χ0v) is 13.3. The van der Waals surface area contributed by atoms with Crippen LogP contribution in [0.15, 0.2) is 34.8 Å². The molecular formula is C16H15BrF3N. The summed E-state index contributed by atoms with van der Waals surface area (Å²) in [5.41, 5.74) is 1.87. The van der Waals surface area contributed by atoms with E-state index >= 15 is 0 Å². The first-order chi connectivity index (χ1) is 9.93. The van der Waals surface area contributed by atoms with E-state index in [1.165, 1.54) is 0 Å². The summed E-state index contributed by atoms with van der Waals surface area (Å²) < 4.78 is 41.5. The van der Waals surface area contributed by atoms with Gasteiger partial charge in [0.1, 0.15) is 5.82 Å². The molecule has 1 unspecified atom stereocenters. The van der Waals surface area contributed by atoms with Crippen molar-refractivity contribution in [2.45, 2.75) is 19.9 Å². The minimum absolute atomic E-state index is 0.0949. The Morgan fingerprint density at radius 1 is 1.05 bits per heavy atom. The maximum Gasteiger partial charge on any atom is 0.161 e. The lowest BCUT2D eigenvalue weighted by Crippen LogP contribution is -2.23. The molecule has 0 aliphatic heterocycles. The second kappa shape index (κ2) is 6.62. The highest BCUT2D eigenvalue weighted by atomic mass is 79.9. The smallest absolute Gasteiger partial charge is 0.161 e. The molecule has 0 spiro atoms. The highest BCUT2D eigenvalue weighted by Crippen LogP contribution is 2.28. The van der Waals surface area contributed by atoms with Crippen LogP contribution in [0.1, 0.15) is 29.7 Å². The number of benzene rings is 2. The van der Waals surface area contributed by atoms with Crippen molar-refractivity contribution in [3.8, 4) is 0 Å². The van der Waals surface area contributed by atoms with Crippen LogP contribution in [0.25, 0.3) is 0 Å². The Kier molecular flexibility index (Phi) is 5.06. The van der Waals surface area contributed by atoms with E-state index in [4.69, 9.17) is 0 Å². The van der Waals surface area contributed by atoms with Crippen LogP contribution in [-0.2, 0) is 0 Å². The van der Waals surface area contributed by atoms with Crippen molar-refractivity contribution in [3.05, 3.63) is 68.9 Å². The molecule has 0 heterocycles. The molecule has 0 aliphatic carbocycles. The summed E-state index contributed by atoms with van der Waals surface area (Å²) in [6.07, 6.45) is 0. The maximum absolute atomic E-state index is 14.0. The Morgan fingerprint density at radius 3 is 2.33 bits per heavy atom. The van der Waals surface area contributed by atoms with Crippen molar-refractivity contribution in [2.75, 3.05) is 6.54 Å². The van der Waals surface area contributed by atoms with Crippen molar-refractivity contribution in [3.63, 3.8) is 0 Å². The van der Waals surface area contributed by atoms with Crippen molar-refractivity contribution in [2.24, 2.45) is 0 Å². The Morgan fingerprint density at radius 2 is 1.71 bits per heavy atom. The fourth-order valence-corrected chi connectivity index (χ4v) is 2.46. The SMILES string of the molecule is CCNC(c1ccc(Br)c(C)c1)c1cc(F)c(F)cc1F. The molecule has 5 heteroatoms. The number of nitrogens with one attached hydrogen (secondary N) is 1. The van der Waals surface area contributed by atoms with Crippen molar-refractivity contribution in [1.29, 1.82) is 0 Å². The lowest BCUT2D eigenvalue weighted by Gasteiger charge is -2.20. The van der Waals surface area contributed by atoms with Gasteiger partial charge in [-0.05, 0) is 36.7 Å². The van der Waals surface area contributed by atoms with Gasteiger partial charge in [0.15, 0.2) is 11.6 Å². The van der Waals surface area contributed by atoms with Crippen LogP contribution >= 0.6 is 15.9 Å². The lowest BCUT2D eigenvalue weighted by atomic mass is 9.96. The normalized spacial score (nSPS) is 12.5. The summed E-state index contributed by atoms with van der Waals surface area (Å²) in [4.78, 5) is 0. The van der Waals surface area contributed by atoms with Gasteiger partial charge in [-0.2, -0.15) is 0 Å². The summed E-state index contributed by atoms with van der Waals surface area (Å²) in [5.74, 6) is -3.00. The second-order valence-corrected chi connectivity index (χ2v) is 5.64. The maximum atomic E-state index is 14.0. The molecule has 112 valence electrons. The average molecular weight is 358 g/mol. The minimum Gasteiger partial charge on any atom is -0.306 e. The Hall–Kier alpha value is -1.33. The molecule has 0 saturated heterocycles. The molecule has 2 aromatic rings. The van der Waals surface area contributed by atoms with E-state index in [-0.39, 0.29) is 5.56 Å². The van der Waals surface area contributed by atoms with Gasteiger partial charge in [-0.25, -0.2) is 13.2 Å². The number of halogens is 4. The zero-order valence-electron chi connectivity index (χ0n) is 11.7. The first-order valence-corrected chi connectivity index (χ1v) is 7.37. The third-order valence-corrected chi connectivity index (χ3v) is 4.16. The Balaban J connectivity index is 2.52. The molecule has 0 saturated carbocycles. The number of aryl methyl sites for hydroxylation is 1. The van der Waals surface area contributed by atoms with Gasteiger partial charge in [-0.3, -0.25) is 0 Å². The first kappa shape index (κ1) is 16.0. The van der Waals surface area contributed by atoms with Crippen LogP contribution in [0.4, 0.5) is 13.2 Å². The zero-order chi connectivity index (χ0) is 15.6. The number of rotatable bonds is 4. The molecule has 2 rings (SSSR count). The van der Waals surface area contributed by atoms with Gasteiger partial charge in [0.2, 0.25) is 0 Å². The molecule has 0 fully saturated rings. The van der Waals surface area contributed by atoms with Crippen molar-refractivity contribution < 1.29 is 13.2 Å². The third kappa shape index (κ3) is 3.47. The summed E-state index contributed by atoms with van der Waals surface area (Å²) in [5, 5.41) is 3.10. The summed E-state index contributed by atoms with van der Waals surface area (Å²) in [6.45, 7) is 4.35. The second-order valence-electron chi connectivity index (χ2n) is 4.79. The highest BCUT2D eigenvalue weighted by molar-refractivity contribution is 9.10. The molecule has 0 radical (unpaired) electrons. The molecule has 1 nitrogen and oxygen atoms in total. The minimum atomic E-state index is -1.18. The molecule has 1 N–H and O–H groups in total. The number of hydrogen-bond donors (Lipinski definition) is 1. The van der Waals surface area contributed by atoms with Gasteiger partial charge in [0.05, 0.1) is 6.04 Å². The predicted octanol–water partition coefficient (Wildman–Crippen LogP) is 4.87. The summed E-state index contributed by atoms with van der Waals surface area (Å²) >= 11 is 3.41. The molecular weight excluding hydrogens is 343 g/mol. The van der Waals surface area contributed by atoms with Crippen molar-refractivity contribution in [1.82, 2.24) is 5.32 Å². The van der Waals surface area contributed by atoms with Crippen LogP contribution in [0.3, 0.4) is 0 Å². The molecule has 21 heavy (non-hydrogen) atoms. The van der Waals surface area contributed by atoms with E-state index < -0.39 is 23.5 Å². The molecule has 0 aromatic heterocycles. The van der Waals surface area contributed by atoms with E-state index in [9.17, 15) is 13.2 Å². The number of hydrogen-bond acceptors (Lipinski definition) is 1. The van der Waals surface area contributed by atoms with Crippen LogP contribution in [0.2, 0.25) is 0 Å². The summed E-state index contributed by atoms with van der Waals surface area (Å²) in [7, 11) is 0. The van der Waals surface area contributed by atoms with Gasteiger partial charge >= 0.3 is 0 Å². The monoisotopic (exact) mass is 357 g/mol. The first-order valence-electron chi connectivity index (χ1n) is 6.58. The average Bonchev–Trinajstić information content (AvgIpc) is 2.44. The largest absolute Gasteiger partial charge is 0.306 e. The third-order valence-electron chi connectivity index (χ3n) is 3.27.